The number of fused-ring (bicyclic) bond motifs is 1. The van der Waals surface area contributed by atoms with Crippen LogP contribution in [0.4, 0.5) is 0 Å². The fraction of sp³-hybridized carbons (Fsp3) is 0.929. The molecular weight excluding hydrogens is 198 g/mol. The van der Waals surface area contributed by atoms with Crippen LogP contribution in [0.15, 0.2) is 0 Å². The summed E-state index contributed by atoms with van der Waals surface area (Å²) in [6.45, 7) is 6.62. The maximum atomic E-state index is 12.3. The molecule has 0 N–H and O–H groups in total. The normalized spacial score (nSPS) is 33.7. The van der Waals surface area contributed by atoms with E-state index >= 15 is 0 Å². The molecule has 2 aliphatic carbocycles. The first-order valence-corrected chi connectivity index (χ1v) is 6.75. The molecule has 0 saturated heterocycles. The maximum Gasteiger partial charge on any atom is 0.225 e. The van der Waals surface area contributed by atoms with Gasteiger partial charge >= 0.3 is 0 Å². The van der Waals surface area contributed by atoms with Gasteiger partial charge in [-0.2, -0.15) is 0 Å². The van der Waals surface area contributed by atoms with E-state index in [4.69, 9.17) is 0 Å². The van der Waals surface area contributed by atoms with Crippen molar-refractivity contribution >= 4 is 5.91 Å². The van der Waals surface area contributed by atoms with Crippen LogP contribution in [0.2, 0.25) is 0 Å². The van der Waals surface area contributed by atoms with Crippen molar-refractivity contribution in [1.29, 1.82) is 0 Å². The average Bonchev–Trinajstić information content (AvgIpc) is 2.82. The molecule has 0 aliphatic heterocycles. The van der Waals surface area contributed by atoms with Crippen molar-refractivity contribution in [2.45, 2.75) is 52.5 Å². The Kier molecular flexibility index (Phi) is 3.27. The zero-order chi connectivity index (χ0) is 11.9. The van der Waals surface area contributed by atoms with Crippen molar-refractivity contribution in [1.82, 2.24) is 4.90 Å². The zero-order valence-corrected chi connectivity index (χ0v) is 11.1. The molecule has 2 fully saturated rings. The Labute approximate surface area is 99.4 Å². The third-order valence-corrected chi connectivity index (χ3v) is 4.41. The highest BCUT2D eigenvalue weighted by atomic mass is 16.2. The van der Waals surface area contributed by atoms with Gasteiger partial charge in [0.15, 0.2) is 0 Å². The van der Waals surface area contributed by atoms with E-state index in [1.807, 2.05) is 11.9 Å². The molecule has 0 aromatic carbocycles. The lowest BCUT2D eigenvalue weighted by molar-refractivity contribution is -0.136. The van der Waals surface area contributed by atoms with Crippen LogP contribution >= 0.6 is 0 Å². The standard InChI is InChI=1S/C14H25NO/c1-9(2)5-10(3)15(4)14(16)13-7-11-6-12(11)8-13/h9-13H,5-8H2,1-4H3. The predicted octanol–water partition coefficient (Wildman–Crippen LogP) is 2.93. The summed E-state index contributed by atoms with van der Waals surface area (Å²) in [6.07, 6.45) is 4.85. The van der Waals surface area contributed by atoms with Gasteiger partial charge in [0, 0.05) is 19.0 Å². The van der Waals surface area contributed by atoms with Gasteiger partial charge in [-0.05, 0) is 50.4 Å². The number of carbonyl (C=O) groups excluding carboxylic acids is 1. The van der Waals surface area contributed by atoms with E-state index in [1.165, 1.54) is 19.3 Å². The Morgan fingerprint density at radius 1 is 1.19 bits per heavy atom. The molecular formula is C14H25NO. The summed E-state index contributed by atoms with van der Waals surface area (Å²) in [5.41, 5.74) is 0. The lowest BCUT2D eigenvalue weighted by atomic mass is 9.99. The number of carbonyl (C=O) groups is 1. The molecule has 2 saturated carbocycles. The van der Waals surface area contributed by atoms with E-state index in [0.29, 0.717) is 23.8 Å². The number of nitrogens with zero attached hydrogens (tertiary/aromatic N) is 1. The second kappa shape index (κ2) is 4.38. The summed E-state index contributed by atoms with van der Waals surface area (Å²) >= 11 is 0. The van der Waals surface area contributed by atoms with Crippen molar-refractivity contribution in [3.05, 3.63) is 0 Å². The zero-order valence-electron chi connectivity index (χ0n) is 11.1. The van der Waals surface area contributed by atoms with Crippen molar-refractivity contribution < 1.29 is 4.79 Å². The Bertz CT molecular complexity index is 264. The SMILES string of the molecule is CC(C)CC(C)N(C)C(=O)C1CC2CC2C1. The smallest absolute Gasteiger partial charge is 0.225 e. The van der Waals surface area contributed by atoms with Gasteiger partial charge in [0.25, 0.3) is 0 Å². The third kappa shape index (κ3) is 2.41. The molecule has 0 heterocycles. The van der Waals surface area contributed by atoms with Crippen LogP contribution in [0, 0.1) is 23.7 Å². The van der Waals surface area contributed by atoms with E-state index in [1.54, 1.807) is 0 Å². The molecule has 16 heavy (non-hydrogen) atoms. The lowest BCUT2D eigenvalue weighted by Gasteiger charge is -2.29. The summed E-state index contributed by atoms with van der Waals surface area (Å²) in [6, 6.07) is 0.393. The van der Waals surface area contributed by atoms with Crippen LogP contribution in [0.5, 0.6) is 0 Å². The maximum absolute atomic E-state index is 12.3. The molecule has 0 radical (unpaired) electrons. The van der Waals surface area contributed by atoms with E-state index in [-0.39, 0.29) is 0 Å². The Hall–Kier alpha value is -0.530. The number of rotatable bonds is 4. The van der Waals surface area contributed by atoms with Crippen molar-refractivity contribution in [2.24, 2.45) is 23.7 Å². The summed E-state index contributed by atoms with van der Waals surface area (Å²) in [7, 11) is 1.99. The van der Waals surface area contributed by atoms with Crippen LogP contribution in [-0.2, 0) is 4.79 Å². The fourth-order valence-corrected chi connectivity index (χ4v) is 3.26. The number of amides is 1. The summed E-state index contributed by atoms with van der Waals surface area (Å²) in [4.78, 5) is 14.3. The molecule has 2 nitrogen and oxygen atoms in total. The molecule has 0 aromatic rings. The predicted molar refractivity (Wildman–Crippen MR) is 66.0 cm³/mol. The van der Waals surface area contributed by atoms with Gasteiger partial charge in [-0.15, -0.1) is 0 Å². The highest BCUT2D eigenvalue weighted by molar-refractivity contribution is 5.79. The molecule has 2 rings (SSSR count). The minimum Gasteiger partial charge on any atom is -0.343 e. The number of hydrogen-bond donors (Lipinski definition) is 0. The fourth-order valence-electron chi connectivity index (χ4n) is 3.26. The highest BCUT2D eigenvalue weighted by Crippen LogP contribution is 2.54. The van der Waals surface area contributed by atoms with E-state index in [2.05, 4.69) is 20.8 Å². The van der Waals surface area contributed by atoms with E-state index < -0.39 is 0 Å². The minimum atomic E-state index is 0.350. The molecule has 92 valence electrons. The van der Waals surface area contributed by atoms with Crippen molar-refractivity contribution in [2.75, 3.05) is 7.05 Å². The lowest BCUT2D eigenvalue weighted by Crippen LogP contribution is -2.39. The van der Waals surface area contributed by atoms with Crippen LogP contribution in [0.1, 0.15) is 46.5 Å². The second-order valence-corrected chi connectivity index (χ2v) is 6.35. The minimum absolute atomic E-state index is 0.350. The molecule has 3 unspecified atom stereocenters. The largest absolute Gasteiger partial charge is 0.343 e. The van der Waals surface area contributed by atoms with Gasteiger partial charge in [0.05, 0.1) is 0 Å². The molecule has 0 aromatic heterocycles. The van der Waals surface area contributed by atoms with Gasteiger partial charge in [0.1, 0.15) is 0 Å². The highest BCUT2D eigenvalue weighted by Gasteiger charge is 2.48. The Balaban J connectivity index is 1.83. The van der Waals surface area contributed by atoms with E-state index in [0.717, 1.165) is 18.3 Å². The van der Waals surface area contributed by atoms with Gasteiger partial charge < -0.3 is 4.90 Å². The molecule has 0 spiro atoms. The summed E-state index contributed by atoms with van der Waals surface area (Å²) in [5.74, 6) is 3.23. The Morgan fingerprint density at radius 2 is 1.75 bits per heavy atom. The topological polar surface area (TPSA) is 20.3 Å². The van der Waals surface area contributed by atoms with Gasteiger partial charge in [-0.1, -0.05) is 13.8 Å². The first-order valence-electron chi connectivity index (χ1n) is 6.75. The quantitative estimate of drug-likeness (QED) is 0.717. The van der Waals surface area contributed by atoms with Crippen LogP contribution < -0.4 is 0 Å². The van der Waals surface area contributed by atoms with Crippen molar-refractivity contribution in [3.8, 4) is 0 Å². The molecule has 0 bridgehead atoms. The molecule has 2 heteroatoms. The Morgan fingerprint density at radius 3 is 2.25 bits per heavy atom. The monoisotopic (exact) mass is 223 g/mol. The molecule has 1 amide bonds. The van der Waals surface area contributed by atoms with Gasteiger partial charge in [0.2, 0.25) is 5.91 Å². The third-order valence-electron chi connectivity index (χ3n) is 4.41. The van der Waals surface area contributed by atoms with Gasteiger partial charge in [-0.25, -0.2) is 0 Å². The number of hydrogen-bond acceptors (Lipinski definition) is 1. The average molecular weight is 223 g/mol. The molecule has 2 aliphatic rings. The second-order valence-electron chi connectivity index (χ2n) is 6.35. The van der Waals surface area contributed by atoms with E-state index in [9.17, 15) is 4.79 Å². The first-order chi connectivity index (χ1) is 7.49. The van der Waals surface area contributed by atoms with Crippen LogP contribution in [0.25, 0.3) is 0 Å². The van der Waals surface area contributed by atoms with Gasteiger partial charge in [-0.3, -0.25) is 4.79 Å². The molecule has 3 atom stereocenters. The van der Waals surface area contributed by atoms with Crippen LogP contribution in [0.3, 0.4) is 0 Å². The summed E-state index contributed by atoms with van der Waals surface area (Å²) < 4.78 is 0. The van der Waals surface area contributed by atoms with Crippen molar-refractivity contribution in [3.63, 3.8) is 0 Å². The summed E-state index contributed by atoms with van der Waals surface area (Å²) in [5, 5.41) is 0. The first kappa shape index (κ1) is 11.9. The van der Waals surface area contributed by atoms with Crippen LogP contribution in [-0.4, -0.2) is 23.9 Å².